The number of benzene rings is 9. The Morgan fingerprint density at radius 1 is 0.484 bits per heavy atom. The van der Waals surface area contributed by atoms with Gasteiger partial charge in [-0.3, -0.25) is 0 Å². The number of hydrogen-bond acceptors (Lipinski definition) is 3. The first-order valence-electron chi connectivity index (χ1n) is 22.0. The van der Waals surface area contributed by atoms with Gasteiger partial charge in [0.15, 0.2) is 0 Å². The predicted molar refractivity (Wildman–Crippen MR) is 273 cm³/mol. The fraction of sp³-hybridized carbons (Fsp3) is 0.0333. The molecule has 9 aromatic carbocycles. The summed E-state index contributed by atoms with van der Waals surface area (Å²) in [5, 5.41) is 7.23. The highest BCUT2D eigenvalue weighted by Gasteiger charge is 2.23. The van der Waals surface area contributed by atoms with Crippen LogP contribution in [0.4, 0.5) is 17.1 Å². The minimum atomic E-state index is 0.882. The van der Waals surface area contributed by atoms with E-state index in [1.807, 2.05) is 11.3 Å². The first-order chi connectivity index (χ1) is 31.7. The third-order valence-corrected chi connectivity index (χ3v) is 14.2. The van der Waals surface area contributed by atoms with Crippen LogP contribution in [-0.4, -0.2) is 4.57 Å². The van der Waals surface area contributed by atoms with Gasteiger partial charge in [0.05, 0.1) is 16.4 Å². The number of rotatable bonds is 7. The van der Waals surface area contributed by atoms with E-state index in [1.165, 1.54) is 58.7 Å². The Labute approximate surface area is 374 Å². The second kappa shape index (κ2) is 14.9. The van der Waals surface area contributed by atoms with Crippen molar-refractivity contribution in [1.82, 2.24) is 4.57 Å². The molecule has 302 valence electrons. The van der Waals surface area contributed by atoms with Gasteiger partial charge in [0.2, 0.25) is 0 Å². The van der Waals surface area contributed by atoms with Crippen LogP contribution in [0, 0.1) is 0 Å². The number of furan rings is 1. The SMILES string of the molecule is C1=CCCC(c2ccc(N(c3ccc(-c4ccccc4)cc3)c3ccc(-c4cc5c6ccccc6n(-c6ccc7sc8ccccc8c7c6)c5c5c4oc4ccccc45)cc3)cc2)=C1. The second-order valence-corrected chi connectivity index (χ2v) is 17.8. The normalized spacial score (nSPS) is 12.9. The molecule has 64 heavy (non-hydrogen) atoms. The summed E-state index contributed by atoms with van der Waals surface area (Å²) >= 11 is 1.85. The van der Waals surface area contributed by atoms with E-state index in [2.05, 4.69) is 228 Å². The van der Waals surface area contributed by atoms with Crippen LogP contribution in [0.5, 0.6) is 0 Å². The maximum atomic E-state index is 6.94. The summed E-state index contributed by atoms with van der Waals surface area (Å²) in [6.45, 7) is 0. The number of fused-ring (bicyclic) bond motifs is 10. The summed E-state index contributed by atoms with van der Waals surface area (Å²) in [6.07, 6.45) is 8.81. The Morgan fingerprint density at radius 3 is 1.86 bits per heavy atom. The molecule has 0 saturated carbocycles. The maximum absolute atomic E-state index is 6.94. The first kappa shape index (κ1) is 36.7. The second-order valence-electron chi connectivity index (χ2n) is 16.8. The van der Waals surface area contributed by atoms with Crippen molar-refractivity contribution in [3.05, 3.63) is 224 Å². The van der Waals surface area contributed by atoms with E-state index in [1.54, 1.807) is 0 Å². The Hall–Kier alpha value is -7.92. The van der Waals surface area contributed by atoms with E-state index >= 15 is 0 Å². The Bertz CT molecular complexity index is 3810. The highest BCUT2D eigenvalue weighted by Crippen LogP contribution is 2.47. The van der Waals surface area contributed by atoms with E-state index in [-0.39, 0.29) is 0 Å². The smallest absolute Gasteiger partial charge is 0.145 e. The van der Waals surface area contributed by atoms with Gasteiger partial charge in [0, 0.05) is 64.6 Å². The van der Waals surface area contributed by atoms with Gasteiger partial charge in [-0.15, -0.1) is 11.3 Å². The molecule has 0 amide bonds. The number of thiophene rings is 1. The number of aromatic nitrogens is 1. The zero-order valence-corrected chi connectivity index (χ0v) is 35.7. The molecule has 0 unspecified atom stereocenters. The van der Waals surface area contributed by atoms with Gasteiger partial charge in [-0.1, -0.05) is 140 Å². The molecule has 13 rings (SSSR count). The molecule has 0 saturated heterocycles. The Balaban J connectivity index is 0.978. The molecule has 1 aliphatic rings. The van der Waals surface area contributed by atoms with Gasteiger partial charge in [-0.2, -0.15) is 0 Å². The minimum Gasteiger partial charge on any atom is -0.455 e. The lowest BCUT2D eigenvalue weighted by molar-refractivity contribution is 0.670. The van der Waals surface area contributed by atoms with Crippen molar-refractivity contribution >= 4 is 97.9 Å². The van der Waals surface area contributed by atoms with Crippen LogP contribution in [0.25, 0.3) is 97.4 Å². The number of para-hydroxylation sites is 2. The molecule has 4 heteroatoms. The molecule has 0 bridgehead atoms. The standard InChI is InChI=1S/C60H40N2OS/c1-3-13-39(14-4-1)41-23-29-44(30-24-41)61(45-31-25-42(26-32-45)40-15-5-2-6-16-40)46-33-27-43(28-34-46)51-38-53-48-17-7-10-20-54(48)62(59(53)58-50-19-8-11-21-55(50)63-60(51)58)47-35-36-57-52(37-47)49-18-9-12-22-56(49)64-57/h1-5,7-15,17-38H,6,16H2. The van der Waals surface area contributed by atoms with Gasteiger partial charge in [0.1, 0.15) is 11.2 Å². The van der Waals surface area contributed by atoms with Crippen LogP contribution in [0.3, 0.4) is 0 Å². The number of hydrogen-bond donors (Lipinski definition) is 0. The van der Waals surface area contributed by atoms with Crippen molar-refractivity contribution in [1.29, 1.82) is 0 Å². The summed E-state index contributed by atoms with van der Waals surface area (Å²) in [4.78, 5) is 2.36. The maximum Gasteiger partial charge on any atom is 0.145 e. The van der Waals surface area contributed by atoms with Gasteiger partial charge in [0.25, 0.3) is 0 Å². The van der Waals surface area contributed by atoms with Crippen LogP contribution >= 0.6 is 11.3 Å². The van der Waals surface area contributed by atoms with Crippen LogP contribution in [-0.2, 0) is 0 Å². The summed E-state index contributed by atoms with van der Waals surface area (Å²) in [5.74, 6) is 0. The third kappa shape index (κ3) is 5.95. The zero-order chi connectivity index (χ0) is 42.1. The van der Waals surface area contributed by atoms with E-state index in [4.69, 9.17) is 4.42 Å². The average molecular weight is 837 g/mol. The molecule has 1 aliphatic carbocycles. The molecule has 0 atom stereocenters. The van der Waals surface area contributed by atoms with Crippen molar-refractivity contribution in [2.24, 2.45) is 0 Å². The first-order valence-corrected chi connectivity index (χ1v) is 22.9. The number of allylic oxidation sites excluding steroid dienone is 4. The van der Waals surface area contributed by atoms with Crippen LogP contribution in [0.15, 0.2) is 223 Å². The lowest BCUT2D eigenvalue weighted by Gasteiger charge is -2.26. The highest BCUT2D eigenvalue weighted by atomic mass is 32.1. The number of anilines is 3. The molecule has 0 aliphatic heterocycles. The molecule has 3 nitrogen and oxygen atoms in total. The summed E-state index contributed by atoms with van der Waals surface area (Å²) in [7, 11) is 0. The quantitative estimate of drug-likeness (QED) is 0.159. The third-order valence-electron chi connectivity index (χ3n) is 13.1. The van der Waals surface area contributed by atoms with Crippen LogP contribution in [0.1, 0.15) is 18.4 Å². The lowest BCUT2D eigenvalue weighted by atomic mass is 9.97. The molecule has 0 radical (unpaired) electrons. The van der Waals surface area contributed by atoms with Crippen molar-refractivity contribution in [2.45, 2.75) is 12.8 Å². The molecule has 0 fully saturated rings. The molecule has 12 aromatic rings. The Morgan fingerprint density at radius 2 is 1.11 bits per heavy atom. The van der Waals surface area contributed by atoms with Crippen molar-refractivity contribution in [3.63, 3.8) is 0 Å². The molecule has 0 N–H and O–H groups in total. The average Bonchev–Trinajstić information content (AvgIpc) is 4.05. The van der Waals surface area contributed by atoms with Crippen LogP contribution < -0.4 is 4.90 Å². The fourth-order valence-electron chi connectivity index (χ4n) is 10.0. The van der Waals surface area contributed by atoms with Crippen molar-refractivity contribution in [2.75, 3.05) is 4.90 Å². The molecular formula is C60H40N2OS. The minimum absolute atomic E-state index is 0.882. The topological polar surface area (TPSA) is 21.3 Å². The molecule has 3 heterocycles. The van der Waals surface area contributed by atoms with Crippen LogP contribution in [0.2, 0.25) is 0 Å². The van der Waals surface area contributed by atoms with Gasteiger partial charge in [-0.05, 0) is 120 Å². The van der Waals surface area contributed by atoms with Gasteiger partial charge < -0.3 is 13.9 Å². The largest absolute Gasteiger partial charge is 0.455 e. The van der Waals surface area contributed by atoms with E-state index in [0.717, 1.165) is 74.2 Å². The number of nitrogens with zero attached hydrogens (tertiary/aromatic N) is 2. The van der Waals surface area contributed by atoms with E-state index in [0.29, 0.717) is 0 Å². The predicted octanol–water partition coefficient (Wildman–Crippen LogP) is 17.6. The van der Waals surface area contributed by atoms with Crippen molar-refractivity contribution in [3.8, 4) is 27.9 Å². The molecule has 0 spiro atoms. The molecule has 3 aromatic heterocycles. The Kier molecular flexibility index (Phi) is 8.53. The highest BCUT2D eigenvalue weighted by molar-refractivity contribution is 7.25. The monoisotopic (exact) mass is 836 g/mol. The van der Waals surface area contributed by atoms with E-state index < -0.39 is 0 Å². The lowest BCUT2D eigenvalue weighted by Crippen LogP contribution is -2.10. The van der Waals surface area contributed by atoms with E-state index in [9.17, 15) is 0 Å². The summed E-state index contributed by atoms with van der Waals surface area (Å²) < 4.78 is 12.0. The van der Waals surface area contributed by atoms with Gasteiger partial charge in [-0.25, -0.2) is 0 Å². The van der Waals surface area contributed by atoms with Gasteiger partial charge >= 0.3 is 0 Å². The zero-order valence-electron chi connectivity index (χ0n) is 34.9. The van der Waals surface area contributed by atoms with Crippen molar-refractivity contribution < 1.29 is 4.42 Å². The fourth-order valence-corrected chi connectivity index (χ4v) is 11.1. The summed E-state index contributed by atoms with van der Waals surface area (Å²) in [6, 6.07) is 73.0. The molecular weight excluding hydrogens is 797 g/mol. The summed E-state index contributed by atoms with van der Waals surface area (Å²) in [5.41, 5.74) is 15.8.